The van der Waals surface area contributed by atoms with E-state index in [0.29, 0.717) is 5.56 Å². The van der Waals surface area contributed by atoms with E-state index in [1.54, 1.807) is 29.9 Å². The smallest absolute Gasteiger partial charge is 0.337 e. The molecule has 5 heteroatoms. The lowest BCUT2D eigenvalue weighted by molar-refractivity contribution is 0.0600. The monoisotopic (exact) mass is 194 g/mol. The van der Waals surface area contributed by atoms with Gasteiger partial charge < -0.3 is 4.74 Å². The number of esters is 1. The van der Waals surface area contributed by atoms with Crippen LogP contribution in [-0.4, -0.2) is 24.5 Å². The van der Waals surface area contributed by atoms with E-state index in [1.165, 1.54) is 13.3 Å². The lowest BCUT2D eigenvalue weighted by atomic mass is 10.1. The van der Waals surface area contributed by atoms with Crippen molar-refractivity contribution in [3.63, 3.8) is 0 Å². The van der Waals surface area contributed by atoms with E-state index in [4.69, 9.17) is 5.21 Å². The number of hydrogen-bond donors (Lipinski definition) is 2. The molecule has 0 heterocycles. The molecular weight excluding hydrogens is 184 g/mol. The standard InChI is InChI=1S/C9H10N2O3/c1-14-9(12)8-4-2-7(3-5-8)6-10-11-13/h2-6,11,13H,1H3/b10-6+. The van der Waals surface area contributed by atoms with Gasteiger partial charge in [0.25, 0.3) is 0 Å². The summed E-state index contributed by atoms with van der Waals surface area (Å²) in [7, 11) is 1.33. The molecule has 0 unspecified atom stereocenters. The summed E-state index contributed by atoms with van der Waals surface area (Å²) in [5, 5.41) is 11.6. The molecule has 1 rings (SSSR count). The van der Waals surface area contributed by atoms with E-state index in [1.807, 2.05) is 0 Å². The quantitative estimate of drug-likeness (QED) is 0.424. The van der Waals surface area contributed by atoms with E-state index < -0.39 is 0 Å². The molecular formula is C9H10N2O3. The van der Waals surface area contributed by atoms with Crippen molar-refractivity contribution in [1.82, 2.24) is 5.59 Å². The van der Waals surface area contributed by atoms with Crippen LogP contribution in [0.4, 0.5) is 0 Å². The molecule has 0 aliphatic heterocycles. The van der Waals surface area contributed by atoms with Gasteiger partial charge in [0.05, 0.1) is 18.9 Å². The summed E-state index contributed by atoms with van der Waals surface area (Å²) in [4.78, 5) is 11.0. The Hall–Kier alpha value is -1.88. The van der Waals surface area contributed by atoms with Gasteiger partial charge in [0.15, 0.2) is 0 Å². The second-order valence-corrected chi connectivity index (χ2v) is 2.47. The van der Waals surface area contributed by atoms with Crippen LogP contribution in [0, 0.1) is 0 Å². The summed E-state index contributed by atoms with van der Waals surface area (Å²) in [6.07, 6.45) is 1.42. The Balaban J connectivity index is 2.78. The van der Waals surface area contributed by atoms with E-state index in [9.17, 15) is 4.79 Å². The number of ether oxygens (including phenoxy) is 1. The van der Waals surface area contributed by atoms with Gasteiger partial charge in [0.1, 0.15) is 0 Å². The van der Waals surface area contributed by atoms with Crippen LogP contribution >= 0.6 is 0 Å². The van der Waals surface area contributed by atoms with Crippen molar-refractivity contribution < 1.29 is 14.7 Å². The van der Waals surface area contributed by atoms with Gasteiger partial charge in [0.2, 0.25) is 0 Å². The lowest BCUT2D eigenvalue weighted by Crippen LogP contribution is -2.01. The molecule has 0 aliphatic carbocycles. The summed E-state index contributed by atoms with van der Waals surface area (Å²) in [6.45, 7) is 0. The molecule has 0 amide bonds. The number of carbonyl (C=O) groups excluding carboxylic acids is 1. The van der Waals surface area contributed by atoms with E-state index in [0.717, 1.165) is 5.56 Å². The molecule has 0 aromatic heterocycles. The second-order valence-electron chi connectivity index (χ2n) is 2.47. The van der Waals surface area contributed by atoms with Gasteiger partial charge in [-0.15, -0.1) is 0 Å². The fourth-order valence-corrected chi connectivity index (χ4v) is 0.927. The fourth-order valence-electron chi connectivity index (χ4n) is 0.927. The Morgan fingerprint density at radius 3 is 2.64 bits per heavy atom. The Kier molecular flexibility index (Phi) is 3.63. The zero-order chi connectivity index (χ0) is 10.4. The molecule has 74 valence electrons. The van der Waals surface area contributed by atoms with Crippen LogP contribution < -0.4 is 5.59 Å². The minimum absolute atomic E-state index is 0.381. The first-order valence-electron chi connectivity index (χ1n) is 3.88. The van der Waals surface area contributed by atoms with Crippen LogP contribution in [0.25, 0.3) is 0 Å². The maximum absolute atomic E-state index is 11.0. The molecule has 1 aromatic rings. The molecule has 0 radical (unpaired) electrons. The van der Waals surface area contributed by atoms with Gasteiger partial charge in [-0.3, -0.25) is 5.21 Å². The maximum Gasteiger partial charge on any atom is 0.337 e. The van der Waals surface area contributed by atoms with Crippen LogP contribution in [0.2, 0.25) is 0 Å². The molecule has 0 aliphatic rings. The first-order valence-corrected chi connectivity index (χ1v) is 3.88. The van der Waals surface area contributed by atoms with Crippen molar-refractivity contribution in [1.29, 1.82) is 0 Å². The Labute approximate surface area is 81.0 Å². The van der Waals surface area contributed by atoms with Crippen LogP contribution in [0.5, 0.6) is 0 Å². The predicted octanol–water partition coefficient (Wildman–Crippen LogP) is 0.786. The van der Waals surface area contributed by atoms with Crippen LogP contribution in [0.15, 0.2) is 29.4 Å². The minimum atomic E-state index is -0.381. The highest BCUT2D eigenvalue weighted by atomic mass is 16.5. The van der Waals surface area contributed by atoms with Gasteiger partial charge in [0, 0.05) is 0 Å². The maximum atomic E-state index is 11.0. The number of carbonyl (C=O) groups is 1. The molecule has 0 fully saturated rings. The minimum Gasteiger partial charge on any atom is -0.465 e. The molecule has 1 aromatic carbocycles. The average Bonchev–Trinajstić information content (AvgIpc) is 2.26. The van der Waals surface area contributed by atoms with Crippen molar-refractivity contribution in [2.75, 3.05) is 7.11 Å². The molecule has 0 spiro atoms. The Morgan fingerprint density at radius 2 is 2.14 bits per heavy atom. The summed E-state index contributed by atoms with van der Waals surface area (Å²) in [5.74, 6) is -0.381. The highest BCUT2D eigenvalue weighted by Crippen LogP contribution is 2.03. The normalized spacial score (nSPS) is 10.1. The summed E-state index contributed by atoms with van der Waals surface area (Å²) in [5.41, 5.74) is 2.88. The van der Waals surface area contributed by atoms with Crippen molar-refractivity contribution in [3.8, 4) is 0 Å². The highest BCUT2D eigenvalue weighted by Gasteiger charge is 2.02. The summed E-state index contributed by atoms with van der Waals surface area (Å²) >= 11 is 0. The third-order valence-corrected chi connectivity index (χ3v) is 1.60. The zero-order valence-corrected chi connectivity index (χ0v) is 7.60. The number of nitrogens with one attached hydrogen (secondary N) is 1. The highest BCUT2D eigenvalue weighted by molar-refractivity contribution is 5.90. The zero-order valence-electron chi connectivity index (χ0n) is 7.60. The third-order valence-electron chi connectivity index (χ3n) is 1.60. The number of hydrogen-bond acceptors (Lipinski definition) is 5. The molecule has 2 N–H and O–H groups in total. The van der Waals surface area contributed by atoms with Crippen molar-refractivity contribution in [3.05, 3.63) is 35.4 Å². The van der Waals surface area contributed by atoms with E-state index >= 15 is 0 Å². The van der Waals surface area contributed by atoms with Gasteiger partial charge in [-0.1, -0.05) is 12.1 Å². The first-order chi connectivity index (χ1) is 6.77. The van der Waals surface area contributed by atoms with E-state index in [2.05, 4.69) is 9.84 Å². The van der Waals surface area contributed by atoms with Crippen LogP contribution in [-0.2, 0) is 4.74 Å². The van der Waals surface area contributed by atoms with Gasteiger partial charge in [-0.05, 0) is 17.7 Å². The average molecular weight is 194 g/mol. The van der Waals surface area contributed by atoms with E-state index in [-0.39, 0.29) is 5.97 Å². The number of nitrogens with zero attached hydrogens (tertiary/aromatic N) is 1. The number of rotatable bonds is 3. The Morgan fingerprint density at radius 1 is 1.50 bits per heavy atom. The number of benzene rings is 1. The summed E-state index contributed by atoms with van der Waals surface area (Å²) in [6, 6.07) is 6.61. The first kappa shape index (κ1) is 10.2. The molecule has 0 saturated heterocycles. The largest absolute Gasteiger partial charge is 0.465 e. The van der Waals surface area contributed by atoms with Gasteiger partial charge >= 0.3 is 5.97 Å². The topological polar surface area (TPSA) is 70.9 Å². The van der Waals surface area contributed by atoms with Crippen molar-refractivity contribution in [2.24, 2.45) is 5.10 Å². The molecule has 0 saturated carbocycles. The second kappa shape index (κ2) is 4.98. The van der Waals surface area contributed by atoms with Crippen LogP contribution in [0.3, 0.4) is 0 Å². The molecule has 14 heavy (non-hydrogen) atoms. The van der Waals surface area contributed by atoms with Crippen molar-refractivity contribution >= 4 is 12.2 Å². The lowest BCUT2D eigenvalue weighted by Gasteiger charge is -1.98. The molecule has 0 atom stereocenters. The predicted molar refractivity (Wildman–Crippen MR) is 50.3 cm³/mol. The van der Waals surface area contributed by atoms with Crippen molar-refractivity contribution in [2.45, 2.75) is 0 Å². The number of methoxy groups -OCH3 is 1. The fraction of sp³-hybridized carbons (Fsp3) is 0.111. The molecule has 5 nitrogen and oxygen atoms in total. The van der Waals surface area contributed by atoms with Crippen LogP contribution in [0.1, 0.15) is 15.9 Å². The Bertz CT molecular complexity index is 332. The number of hydrazone groups is 1. The summed E-state index contributed by atoms with van der Waals surface area (Å²) < 4.78 is 4.53. The van der Waals surface area contributed by atoms with Gasteiger partial charge in [-0.2, -0.15) is 10.7 Å². The van der Waals surface area contributed by atoms with Gasteiger partial charge in [-0.25, -0.2) is 4.79 Å². The SMILES string of the molecule is COC(=O)c1ccc(/C=N/NO)cc1. The molecule has 0 bridgehead atoms. The third kappa shape index (κ3) is 2.56.